The first-order valence-corrected chi connectivity index (χ1v) is 9.22. The second-order valence-corrected chi connectivity index (χ2v) is 7.94. The third-order valence-electron chi connectivity index (χ3n) is 5.07. The van der Waals surface area contributed by atoms with Crippen LogP contribution in [0.1, 0.15) is 23.5 Å². The maximum absolute atomic E-state index is 13.1. The molecule has 1 spiro atoms. The second-order valence-electron chi connectivity index (χ2n) is 6.58. The number of benzene rings is 2. The van der Waals surface area contributed by atoms with Gasteiger partial charge >= 0.3 is 0 Å². The number of hydrogen-bond donors (Lipinski definition) is 1. The van der Waals surface area contributed by atoms with Gasteiger partial charge < -0.3 is 5.32 Å². The first-order valence-electron chi connectivity index (χ1n) is 8.05. The van der Waals surface area contributed by atoms with Gasteiger partial charge in [-0.05, 0) is 47.9 Å². The normalized spacial score (nSPS) is 25.0. The van der Waals surface area contributed by atoms with E-state index in [2.05, 4.69) is 21.2 Å². The molecule has 2 aliphatic rings. The summed E-state index contributed by atoms with van der Waals surface area (Å²) in [6.07, 6.45) is 4.19. The third-order valence-corrected chi connectivity index (χ3v) is 5.80. The number of rotatable bonds is 1. The van der Waals surface area contributed by atoms with Gasteiger partial charge in [-0.2, -0.15) is 0 Å². The molecule has 1 amide bonds. The summed E-state index contributed by atoms with van der Waals surface area (Å²) < 4.78 is 0.920. The number of carbonyl (C=O) groups excluding carboxylic acids is 2. The molecule has 0 unspecified atom stereocenters. The Balaban J connectivity index is 1.85. The fraction of sp³-hybridized carbons (Fsp3) is 0.200. The number of halogens is 2. The van der Waals surface area contributed by atoms with Gasteiger partial charge in [0.05, 0.1) is 5.41 Å². The van der Waals surface area contributed by atoms with Crippen molar-refractivity contribution in [3.05, 3.63) is 75.2 Å². The minimum atomic E-state index is -0.778. The van der Waals surface area contributed by atoms with E-state index in [1.807, 2.05) is 36.4 Å². The molecular weight excluding hydrogens is 402 g/mol. The van der Waals surface area contributed by atoms with Gasteiger partial charge in [-0.3, -0.25) is 9.59 Å². The molecule has 0 saturated heterocycles. The highest BCUT2D eigenvalue weighted by molar-refractivity contribution is 9.10. The second kappa shape index (κ2) is 6.11. The van der Waals surface area contributed by atoms with Crippen LogP contribution in [0.15, 0.2) is 59.1 Å². The molecule has 0 bridgehead atoms. The first-order chi connectivity index (χ1) is 12.0. The molecule has 3 nitrogen and oxygen atoms in total. The van der Waals surface area contributed by atoms with Crippen LogP contribution in [-0.2, 0) is 16.0 Å². The molecule has 0 radical (unpaired) electrons. The summed E-state index contributed by atoms with van der Waals surface area (Å²) in [5.74, 6) is -0.280. The topological polar surface area (TPSA) is 46.2 Å². The van der Waals surface area contributed by atoms with Gasteiger partial charge in [0.25, 0.3) is 0 Å². The summed E-state index contributed by atoms with van der Waals surface area (Å²) in [5.41, 5.74) is 2.02. The number of anilines is 1. The highest BCUT2D eigenvalue weighted by Crippen LogP contribution is 2.49. The fourth-order valence-corrected chi connectivity index (χ4v) is 4.38. The SMILES string of the molecule is O=C1C=C[C@]2(Cc3ccc(Br)cc3NC2=O)[C@H](c2cccc(Cl)c2)C1. The summed E-state index contributed by atoms with van der Waals surface area (Å²) in [5, 5.41) is 3.63. The molecule has 5 heteroatoms. The molecule has 126 valence electrons. The van der Waals surface area contributed by atoms with E-state index in [4.69, 9.17) is 11.6 Å². The van der Waals surface area contributed by atoms with E-state index < -0.39 is 5.41 Å². The highest BCUT2D eigenvalue weighted by Gasteiger charge is 2.49. The summed E-state index contributed by atoms with van der Waals surface area (Å²) in [6, 6.07) is 13.3. The molecule has 1 aliphatic carbocycles. The van der Waals surface area contributed by atoms with Crippen LogP contribution in [0.5, 0.6) is 0 Å². The van der Waals surface area contributed by atoms with Crippen molar-refractivity contribution in [2.75, 3.05) is 5.32 Å². The lowest BCUT2D eigenvalue weighted by atomic mass is 9.62. The molecule has 0 aromatic heterocycles. The van der Waals surface area contributed by atoms with Crippen LogP contribution >= 0.6 is 27.5 Å². The van der Waals surface area contributed by atoms with Crippen molar-refractivity contribution in [2.45, 2.75) is 18.8 Å². The summed E-state index contributed by atoms with van der Waals surface area (Å²) >= 11 is 9.59. The maximum atomic E-state index is 13.1. The van der Waals surface area contributed by atoms with Crippen LogP contribution < -0.4 is 5.32 Å². The Morgan fingerprint density at radius 2 is 2.00 bits per heavy atom. The molecule has 25 heavy (non-hydrogen) atoms. The molecular formula is C20H15BrClNO2. The molecule has 1 heterocycles. The molecule has 2 atom stereocenters. The molecule has 2 aromatic rings. The minimum absolute atomic E-state index is 0.0324. The van der Waals surface area contributed by atoms with Crippen molar-refractivity contribution < 1.29 is 9.59 Å². The Labute approximate surface area is 159 Å². The Hall–Kier alpha value is -1.91. The molecule has 1 aliphatic heterocycles. The highest BCUT2D eigenvalue weighted by atomic mass is 79.9. The molecule has 1 N–H and O–H groups in total. The van der Waals surface area contributed by atoms with Gasteiger partial charge in [0, 0.05) is 27.5 Å². The van der Waals surface area contributed by atoms with Crippen LogP contribution in [0.3, 0.4) is 0 Å². The Kier molecular flexibility index (Phi) is 4.05. The van der Waals surface area contributed by atoms with E-state index in [9.17, 15) is 9.59 Å². The number of fused-ring (bicyclic) bond motifs is 1. The lowest BCUT2D eigenvalue weighted by Gasteiger charge is -2.42. The van der Waals surface area contributed by atoms with Gasteiger partial charge in [0.1, 0.15) is 0 Å². The molecule has 0 saturated carbocycles. The number of ketones is 1. The summed E-state index contributed by atoms with van der Waals surface area (Å²) in [6.45, 7) is 0. The van der Waals surface area contributed by atoms with Crippen molar-refractivity contribution in [3.63, 3.8) is 0 Å². The number of hydrogen-bond acceptors (Lipinski definition) is 2. The summed E-state index contributed by atoms with van der Waals surface area (Å²) in [7, 11) is 0. The predicted molar refractivity (Wildman–Crippen MR) is 102 cm³/mol. The predicted octanol–water partition coefficient (Wildman–Crippen LogP) is 4.90. The molecule has 0 fully saturated rings. The van der Waals surface area contributed by atoms with Crippen molar-refractivity contribution in [3.8, 4) is 0 Å². The van der Waals surface area contributed by atoms with E-state index in [0.717, 1.165) is 21.3 Å². The minimum Gasteiger partial charge on any atom is -0.325 e. The Bertz CT molecular complexity index is 924. The Morgan fingerprint density at radius 1 is 1.16 bits per heavy atom. The van der Waals surface area contributed by atoms with Gasteiger partial charge in [-0.25, -0.2) is 0 Å². The van der Waals surface area contributed by atoms with Crippen LogP contribution in [-0.4, -0.2) is 11.7 Å². The van der Waals surface area contributed by atoms with Crippen molar-refractivity contribution in [2.24, 2.45) is 5.41 Å². The number of amides is 1. The molecule has 2 aromatic carbocycles. The van der Waals surface area contributed by atoms with Crippen LogP contribution in [0.2, 0.25) is 5.02 Å². The van der Waals surface area contributed by atoms with E-state index >= 15 is 0 Å². The Morgan fingerprint density at radius 3 is 2.80 bits per heavy atom. The first kappa shape index (κ1) is 16.6. The number of carbonyl (C=O) groups is 2. The van der Waals surface area contributed by atoms with E-state index in [-0.39, 0.29) is 17.6 Å². The number of allylic oxidation sites excluding steroid dienone is 1. The van der Waals surface area contributed by atoms with Gasteiger partial charge in [-0.1, -0.05) is 51.8 Å². The van der Waals surface area contributed by atoms with Crippen LogP contribution in [0.4, 0.5) is 5.69 Å². The third kappa shape index (κ3) is 2.83. The molecule has 4 rings (SSSR count). The smallest absolute Gasteiger partial charge is 0.235 e. The van der Waals surface area contributed by atoms with Crippen molar-refractivity contribution in [1.29, 1.82) is 0 Å². The van der Waals surface area contributed by atoms with Crippen molar-refractivity contribution in [1.82, 2.24) is 0 Å². The van der Waals surface area contributed by atoms with E-state index in [1.165, 1.54) is 0 Å². The standard InChI is InChI=1S/C20H15BrClNO2/c21-14-5-4-13-11-20(19(25)23-18(13)9-14)7-6-16(24)10-17(20)12-2-1-3-15(22)8-12/h1-9,17H,10-11H2,(H,23,25)/t17-,20-/m0/s1. The maximum Gasteiger partial charge on any atom is 0.235 e. The van der Waals surface area contributed by atoms with Crippen LogP contribution in [0, 0.1) is 5.41 Å². The fourth-order valence-electron chi connectivity index (χ4n) is 3.82. The van der Waals surface area contributed by atoms with Crippen LogP contribution in [0.25, 0.3) is 0 Å². The van der Waals surface area contributed by atoms with Gasteiger partial charge in [0.2, 0.25) is 5.91 Å². The lowest BCUT2D eigenvalue weighted by Crippen LogP contribution is -2.47. The monoisotopic (exact) mass is 415 g/mol. The van der Waals surface area contributed by atoms with Gasteiger partial charge in [-0.15, -0.1) is 0 Å². The zero-order valence-corrected chi connectivity index (χ0v) is 15.6. The lowest BCUT2D eigenvalue weighted by molar-refractivity contribution is -0.126. The average molecular weight is 417 g/mol. The van der Waals surface area contributed by atoms with Crippen molar-refractivity contribution >= 4 is 44.9 Å². The van der Waals surface area contributed by atoms with Gasteiger partial charge in [0.15, 0.2) is 5.78 Å². The average Bonchev–Trinajstić information content (AvgIpc) is 2.58. The number of nitrogens with one attached hydrogen (secondary N) is 1. The zero-order chi connectivity index (χ0) is 17.6. The summed E-state index contributed by atoms with van der Waals surface area (Å²) in [4.78, 5) is 25.2. The zero-order valence-electron chi connectivity index (χ0n) is 13.3. The van der Waals surface area contributed by atoms with E-state index in [0.29, 0.717) is 17.9 Å². The quantitative estimate of drug-likeness (QED) is 0.719. The largest absolute Gasteiger partial charge is 0.325 e. The van der Waals surface area contributed by atoms with E-state index in [1.54, 1.807) is 18.2 Å².